The van der Waals surface area contributed by atoms with Crippen molar-refractivity contribution in [3.63, 3.8) is 0 Å². The van der Waals surface area contributed by atoms with Gasteiger partial charge in [0.05, 0.1) is 11.2 Å². The topological polar surface area (TPSA) is 49.3 Å². The first kappa shape index (κ1) is 20.8. The number of aromatic nitrogens is 2. The van der Waals surface area contributed by atoms with Crippen LogP contribution in [0.3, 0.4) is 0 Å². The second kappa shape index (κ2) is 8.34. The van der Waals surface area contributed by atoms with Gasteiger partial charge in [-0.3, -0.25) is 4.79 Å². The first-order valence-electron chi connectivity index (χ1n) is 10.3. The number of carbonyl (C=O) groups excluding carboxylic acids is 1. The molecule has 1 aliphatic rings. The number of hydrogen-bond acceptors (Lipinski definition) is 4. The van der Waals surface area contributed by atoms with E-state index in [1.807, 2.05) is 17.0 Å². The van der Waals surface area contributed by atoms with Crippen molar-refractivity contribution >= 4 is 38.4 Å². The van der Waals surface area contributed by atoms with E-state index in [4.69, 9.17) is 0 Å². The Bertz CT molecular complexity index is 1050. The van der Waals surface area contributed by atoms with Crippen molar-refractivity contribution in [2.24, 2.45) is 5.41 Å². The van der Waals surface area contributed by atoms with Gasteiger partial charge in [-0.2, -0.15) is 0 Å². The van der Waals surface area contributed by atoms with Gasteiger partial charge in [-0.25, -0.2) is 9.97 Å². The van der Waals surface area contributed by atoms with Crippen molar-refractivity contribution in [1.82, 2.24) is 14.9 Å². The molecule has 4 rings (SSSR count). The molecule has 1 saturated heterocycles. The maximum Gasteiger partial charge on any atom is 0.223 e. The van der Waals surface area contributed by atoms with E-state index >= 15 is 0 Å². The number of hydrogen-bond donors (Lipinski definition) is 0. The van der Waals surface area contributed by atoms with Gasteiger partial charge in [-0.1, -0.05) is 48.8 Å². The van der Waals surface area contributed by atoms with Crippen LogP contribution in [-0.2, 0) is 4.79 Å². The maximum absolute atomic E-state index is 12.5. The van der Waals surface area contributed by atoms with Crippen molar-refractivity contribution < 1.29 is 4.79 Å². The molecule has 6 heteroatoms. The Morgan fingerprint density at radius 2 is 1.70 bits per heavy atom. The minimum atomic E-state index is 0.0325. The molecule has 0 atom stereocenters. The molecule has 1 aromatic heterocycles. The van der Waals surface area contributed by atoms with Crippen molar-refractivity contribution in [3.8, 4) is 11.3 Å². The van der Waals surface area contributed by atoms with E-state index in [0.717, 1.165) is 52.8 Å². The van der Waals surface area contributed by atoms with Crippen LogP contribution in [0.1, 0.15) is 27.2 Å². The summed E-state index contributed by atoms with van der Waals surface area (Å²) in [5, 5.41) is 1.03. The van der Waals surface area contributed by atoms with Gasteiger partial charge in [-0.15, -0.1) is 0 Å². The fourth-order valence-electron chi connectivity index (χ4n) is 3.87. The lowest BCUT2D eigenvalue weighted by Gasteiger charge is -2.37. The predicted octanol–water partition coefficient (Wildman–Crippen LogP) is 5.14. The molecule has 1 amide bonds. The van der Waals surface area contributed by atoms with Gasteiger partial charge in [0.15, 0.2) is 0 Å². The molecule has 1 fully saturated rings. The third-order valence-corrected chi connectivity index (χ3v) is 5.91. The Balaban J connectivity index is 1.47. The summed E-state index contributed by atoms with van der Waals surface area (Å²) < 4.78 is 1.02. The van der Waals surface area contributed by atoms with E-state index in [0.29, 0.717) is 6.42 Å². The molecule has 2 aromatic carbocycles. The smallest absolute Gasteiger partial charge is 0.223 e. The summed E-state index contributed by atoms with van der Waals surface area (Å²) in [6.45, 7) is 9.62. The van der Waals surface area contributed by atoms with Crippen molar-refractivity contribution in [1.29, 1.82) is 0 Å². The molecule has 3 aromatic rings. The number of benzene rings is 2. The number of anilines is 1. The van der Waals surface area contributed by atoms with Crippen LogP contribution in [0.15, 0.2) is 53.3 Å². The van der Waals surface area contributed by atoms with Crippen LogP contribution in [0, 0.1) is 5.41 Å². The summed E-state index contributed by atoms with van der Waals surface area (Å²) in [6.07, 6.45) is 2.22. The normalized spacial score (nSPS) is 14.9. The van der Waals surface area contributed by atoms with E-state index in [1.54, 1.807) is 6.33 Å². The number of nitrogens with zero attached hydrogens (tertiary/aromatic N) is 4. The zero-order valence-corrected chi connectivity index (χ0v) is 19.3. The summed E-state index contributed by atoms with van der Waals surface area (Å²) in [6, 6.07) is 14.6. The van der Waals surface area contributed by atoms with E-state index < -0.39 is 0 Å². The summed E-state index contributed by atoms with van der Waals surface area (Å²) in [5.41, 5.74) is 4.16. The lowest BCUT2D eigenvalue weighted by Crippen LogP contribution is -2.49. The monoisotopic (exact) mass is 466 g/mol. The number of rotatable bonds is 3. The number of fused-ring (bicyclic) bond motifs is 1. The SMILES string of the molecule is CC(C)(C)CC(=O)N1CCN(c2ccc(-c3ncnc4ccc(Br)cc34)cc2)CC1. The van der Waals surface area contributed by atoms with Crippen LogP contribution in [0.25, 0.3) is 22.2 Å². The van der Waals surface area contributed by atoms with Crippen LogP contribution in [0.4, 0.5) is 5.69 Å². The van der Waals surface area contributed by atoms with Crippen molar-refractivity contribution in [2.45, 2.75) is 27.2 Å². The summed E-state index contributed by atoms with van der Waals surface area (Å²) in [5.74, 6) is 0.263. The lowest BCUT2D eigenvalue weighted by atomic mass is 9.91. The molecule has 0 N–H and O–H groups in total. The van der Waals surface area contributed by atoms with Crippen LogP contribution >= 0.6 is 15.9 Å². The van der Waals surface area contributed by atoms with Gasteiger partial charge >= 0.3 is 0 Å². The Labute approximate surface area is 186 Å². The van der Waals surface area contributed by atoms with Gasteiger partial charge in [0.1, 0.15) is 6.33 Å². The second-order valence-corrected chi connectivity index (χ2v) is 9.95. The first-order chi connectivity index (χ1) is 14.3. The van der Waals surface area contributed by atoms with Crippen LogP contribution in [0.5, 0.6) is 0 Å². The van der Waals surface area contributed by atoms with E-state index in [9.17, 15) is 4.79 Å². The molecule has 156 valence electrons. The van der Waals surface area contributed by atoms with Crippen molar-refractivity contribution in [3.05, 3.63) is 53.3 Å². The molecule has 2 heterocycles. The summed E-state index contributed by atoms with van der Waals surface area (Å²) >= 11 is 3.54. The zero-order valence-electron chi connectivity index (χ0n) is 17.7. The van der Waals surface area contributed by atoms with Gasteiger partial charge in [0, 0.05) is 53.7 Å². The predicted molar refractivity (Wildman–Crippen MR) is 126 cm³/mol. The molecular weight excluding hydrogens is 440 g/mol. The number of amides is 1. The molecule has 1 aliphatic heterocycles. The fourth-order valence-corrected chi connectivity index (χ4v) is 4.23. The lowest BCUT2D eigenvalue weighted by molar-refractivity contribution is -0.133. The molecule has 0 aliphatic carbocycles. The van der Waals surface area contributed by atoms with Crippen LogP contribution < -0.4 is 4.90 Å². The third-order valence-electron chi connectivity index (χ3n) is 5.42. The number of carbonyl (C=O) groups is 1. The zero-order chi connectivity index (χ0) is 21.3. The van der Waals surface area contributed by atoms with Crippen LogP contribution in [0.2, 0.25) is 0 Å². The molecule has 5 nitrogen and oxygen atoms in total. The summed E-state index contributed by atoms with van der Waals surface area (Å²) in [4.78, 5) is 25.7. The van der Waals surface area contributed by atoms with Gasteiger partial charge in [-0.05, 0) is 35.7 Å². The minimum Gasteiger partial charge on any atom is -0.368 e. The fraction of sp³-hybridized carbons (Fsp3) is 0.375. The van der Waals surface area contributed by atoms with E-state index in [2.05, 4.69) is 81.9 Å². The van der Waals surface area contributed by atoms with E-state index in [1.165, 1.54) is 5.69 Å². The standard InChI is InChI=1S/C24H27BrN4O/c1-24(2,3)15-22(30)29-12-10-28(11-13-29)19-7-4-17(5-8-19)23-20-14-18(25)6-9-21(20)26-16-27-23/h4-9,14,16H,10-13,15H2,1-3H3. The highest BCUT2D eigenvalue weighted by Gasteiger charge is 2.25. The quantitative estimate of drug-likeness (QED) is 0.535. The number of halogens is 1. The Hall–Kier alpha value is -2.47. The Morgan fingerprint density at radius 3 is 2.37 bits per heavy atom. The van der Waals surface area contributed by atoms with Gasteiger partial charge < -0.3 is 9.80 Å². The Kier molecular flexibility index (Phi) is 5.78. The van der Waals surface area contributed by atoms with Crippen molar-refractivity contribution in [2.75, 3.05) is 31.1 Å². The average molecular weight is 467 g/mol. The second-order valence-electron chi connectivity index (χ2n) is 9.04. The average Bonchev–Trinajstić information content (AvgIpc) is 2.72. The maximum atomic E-state index is 12.5. The highest BCUT2D eigenvalue weighted by molar-refractivity contribution is 9.10. The highest BCUT2D eigenvalue weighted by atomic mass is 79.9. The third kappa shape index (κ3) is 4.64. The first-order valence-corrected chi connectivity index (χ1v) is 11.1. The summed E-state index contributed by atoms with van der Waals surface area (Å²) in [7, 11) is 0. The molecule has 30 heavy (non-hydrogen) atoms. The van der Waals surface area contributed by atoms with Crippen LogP contribution in [-0.4, -0.2) is 47.0 Å². The molecule has 0 bridgehead atoms. The molecule has 0 unspecified atom stereocenters. The molecular formula is C24H27BrN4O. The van der Waals surface area contributed by atoms with Gasteiger partial charge in [0.2, 0.25) is 5.91 Å². The largest absolute Gasteiger partial charge is 0.368 e. The highest BCUT2D eigenvalue weighted by Crippen LogP contribution is 2.29. The molecule has 0 saturated carbocycles. The molecule has 0 spiro atoms. The Morgan fingerprint density at radius 1 is 1.00 bits per heavy atom. The number of piperazine rings is 1. The molecule has 0 radical (unpaired) electrons. The van der Waals surface area contributed by atoms with Gasteiger partial charge in [0.25, 0.3) is 0 Å². The van der Waals surface area contributed by atoms with E-state index in [-0.39, 0.29) is 11.3 Å². The minimum absolute atomic E-state index is 0.0325.